The van der Waals surface area contributed by atoms with Crippen LogP contribution in [0.3, 0.4) is 0 Å². The maximum absolute atomic E-state index is 11.2. The number of benzene rings is 1. The van der Waals surface area contributed by atoms with Crippen LogP contribution in [0.2, 0.25) is 0 Å². The van der Waals surface area contributed by atoms with Crippen LogP contribution in [0.1, 0.15) is 6.92 Å². The fourth-order valence-corrected chi connectivity index (χ4v) is 2.79. The van der Waals surface area contributed by atoms with E-state index < -0.39 is 9.85 Å². The van der Waals surface area contributed by atoms with E-state index in [-0.39, 0.29) is 17.4 Å². The van der Waals surface area contributed by atoms with E-state index in [1.165, 1.54) is 12.1 Å². The largest absolute Gasteiger partial charge is 0.383 e. The quantitative estimate of drug-likeness (QED) is 0.579. The zero-order chi connectivity index (χ0) is 17.0. The van der Waals surface area contributed by atoms with Gasteiger partial charge in [-0.15, -0.1) is 0 Å². The van der Waals surface area contributed by atoms with Crippen molar-refractivity contribution in [2.24, 2.45) is 0 Å². The molecule has 23 heavy (non-hydrogen) atoms. The molecule has 0 aliphatic carbocycles. The maximum Gasteiger partial charge on any atom is 0.299 e. The number of hydrogen-bond donors (Lipinski definition) is 0. The molecule has 0 N–H and O–H groups in total. The highest BCUT2D eigenvalue weighted by molar-refractivity contribution is 5.67. The molecule has 1 atom stereocenters. The SMILES string of the molecule is COCC(C)N1CCN(c2ccc([N+](=O)[O-])cc2[N+](=O)[O-])CC1. The number of hydrogen-bond acceptors (Lipinski definition) is 7. The van der Waals surface area contributed by atoms with E-state index in [0.717, 1.165) is 19.2 Å². The molecule has 0 amide bonds. The zero-order valence-electron chi connectivity index (χ0n) is 13.2. The van der Waals surface area contributed by atoms with Gasteiger partial charge < -0.3 is 9.64 Å². The van der Waals surface area contributed by atoms with Crippen molar-refractivity contribution in [1.82, 2.24) is 4.90 Å². The number of piperazine rings is 1. The van der Waals surface area contributed by atoms with Gasteiger partial charge in [-0.2, -0.15) is 0 Å². The molecule has 9 nitrogen and oxygen atoms in total. The summed E-state index contributed by atoms with van der Waals surface area (Å²) in [5.74, 6) is 0. The highest BCUT2D eigenvalue weighted by atomic mass is 16.6. The van der Waals surface area contributed by atoms with E-state index in [2.05, 4.69) is 11.8 Å². The molecule has 0 bridgehead atoms. The summed E-state index contributed by atoms with van der Waals surface area (Å²) in [6.45, 7) is 5.50. The number of non-ortho nitro benzene ring substituents is 1. The van der Waals surface area contributed by atoms with Crippen molar-refractivity contribution in [2.45, 2.75) is 13.0 Å². The number of nitrogens with zero attached hydrogens (tertiary/aromatic N) is 4. The van der Waals surface area contributed by atoms with Crippen molar-refractivity contribution < 1.29 is 14.6 Å². The molecule has 1 aromatic carbocycles. The molecule has 9 heteroatoms. The Kier molecular flexibility index (Phi) is 5.45. The smallest absolute Gasteiger partial charge is 0.299 e. The van der Waals surface area contributed by atoms with Gasteiger partial charge in [0.15, 0.2) is 0 Å². The van der Waals surface area contributed by atoms with Crippen molar-refractivity contribution in [3.05, 3.63) is 38.4 Å². The third-order valence-electron chi connectivity index (χ3n) is 4.05. The van der Waals surface area contributed by atoms with Gasteiger partial charge >= 0.3 is 0 Å². The van der Waals surface area contributed by atoms with E-state index in [9.17, 15) is 20.2 Å². The molecule has 1 saturated heterocycles. The lowest BCUT2D eigenvalue weighted by Crippen LogP contribution is -2.50. The van der Waals surface area contributed by atoms with Crippen LogP contribution in [-0.4, -0.2) is 60.7 Å². The van der Waals surface area contributed by atoms with Gasteiger partial charge in [0.25, 0.3) is 11.4 Å². The van der Waals surface area contributed by atoms with Gasteiger partial charge in [0.2, 0.25) is 0 Å². The van der Waals surface area contributed by atoms with Gasteiger partial charge in [0.1, 0.15) is 5.69 Å². The van der Waals surface area contributed by atoms with Gasteiger partial charge in [-0.05, 0) is 13.0 Å². The summed E-state index contributed by atoms with van der Waals surface area (Å²) < 4.78 is 5.15. The molecule has 1 unspecified atom stereocenters. The predicted octanol–water partition coefficient (Wildman–Crippen LogP) is 1.66. The number of nitro benzene ring substituents is 2. The summed E-state index contributed by atoms with van der Waals surface area (Å²) in [6.07, 6.45) is 0. The van der Waals surface area contributed by atoms with Crippen molar-refractivity contribution in [1.29, 1.82) is 0 Å². The van der Waals surface area contributed by atoms with Crippen LogP contribution in [0.15, 0.2) is 18.2 Å². The maximum atomic E-state index is 11.2. The molecule has 1 fully saturated rings. The first-order valence-corrected chi connectivity index (χ1v) is 7.34. The number of anilines is 1. The lowest BCUT2D eigenvalue weighted by Gasteiger charge is -2.38. The summed E-state index contributed by atoms with van der Waals surface area (Å²) >= 11 is 0. The second-order valence-electron chi connectivity index (χ2n) is 5.51. The predicted molar refractivity (Wildman–Crippen MR) is 84.9 cm³/mol. The molecule has 0 radical (unpaired) electrons. The molecule has 1 aliphatic rings. The second-order valence-corrected chi connectivity index (χ2v) is 5.51. The first-order valence-electron chi connectivity index (χ1n) is 7.34. The fourth-order valence-electron chi connectivity index (χ4n) is 2.79. The Morgan fingerprint density at radius 1 is 1.17 bits per heavy atom. The lowest BCUT2D eigenvalue weighted by atomic mass is 10.2. The zero-order valence-corrected chi connectivity index (χ0v) is 13.2. The Hall–Kier alpha value is -2.26. The molecule has 0 spiro atoms. The van der Waals surface area contributed by atoms with Crippen LogP contribution in [0, 0.1) is 20.2 Å². The van der Waals surface area contributed by atoms with Crippen LogP contribution in [0.4, 0.5) is 17.1 Å². The van der Waals surface area contributed by atoms with Gasteiger partial charge in [0.05, 0.1) is 22.5 Å². The van der Waals surface area contributed by atoms with Crippen molar-refractivity contribution in [3.8, 4) is 0 Å². The Morgan fingerprint density at radius 3 is 2.35 bits per heavy atom. The minimum atomic E-state index is -0.624. The van der Waals surface area contributed by atoms with E-state index in [4.69, 9.17) is 4.74 Å². The molecule has 126 valence electrons. The number of rotatable bonds is 6. The van der Waals surface area contributed by atoms with Gasteiger partial charge in [-0.3, -0.25) is 25.1 Å². The Morgan fingerprint density at radius 2 is 1.83 bits per heavy atom. The van der Waals surface area contributed by atoms with Crippen molar-refractivity contribution in [2.75, 3.05) is 44.8 Å². The van der Waals surface area contributed by atoms with E-state index in [0.29, 0.717) is 25.4 Å². The van der Waals surface area contributed by atoms with Gasteiger partial charge in [0, 0.05) is 45.4 Å². The van der Waals surface area contributed by atoms with E-state index >= 15 is 0 Å². The summed E-state index contributed by atoms with van der Waals surface area (Å²) in [5.41, 5.74) is -0.0648. The van der Waals surface area contributed by atoms with Crippen molar-refractivity contribution >= 4 is 17.1 Å². The van der Waals surface area contributed by atoms with Crippen LogP contribution in [0.25, 0.3) is 0 Å². The summed E-state index contributed by atoms with van der Waals surface area (Å²) in [7, 11) is 1.66. The van der Waals surface area contributed by atoms with Crippen LogP contribution >= 0.6 is 0 Å². The monoisotopic (exact) mass is 324 g/mol. The summed E-state index contributed by atoms with van der Waals surface area (Å²) in [5, 5.41) is 22.0. The van der Waals surface area contributed by atoms with Gasteiger partial charge in [-0.25, -0.2) is 0 Å². The van der Waals surface area contributed by atoms with E-state index in [1.807, 2.05) is 4.90 Å². The molecular formula is C14H20N4O5. The van der Waals surface area contributed by atoms with Crippen LogP contribution in [0.5, 0.6) is 0 Å². The minimum absolute atomic E-state index is 0.224. The molecule has 2 rings (SSSR count). The average molecular weight is 324 g/mol. The summed E-state index contributed by atoms with van der Waals surface area (Å²) in [6, 6.07) is 4.08. The molecule has 1 aliphatic heterocycles. The van der Waals surface area contributed by atoms with E-state index in [1.54, 1.807) is 7.11 Å². The molecule has 1 heterocycles. The molecule has 0 saturated carbocycles. The number of methoxy groups -OCH3 is 1. The Bertz CT molecular complexity index is 587. The topological polar surface area (TPSA) is 102 Å². The minimum Gasteiger partial charge on any atom is -0.383 e. The third-order valence-corrected chi connectivity index (χ3v) is 4.05. The lowest BCUT2D eigenvalue weighted by molar-refractivity contribution is -0.393. The Balaban J connectivity index is 2.14. The first kappa shape index (κ1) is 17.1. The van der Waals surface area contributed by atoms with Crippen LogP contribution < -0.4 is 4.90 Å². The average Bonchev–Trinajstić information content (AvgIpc) is 2.54. The van der Waals surface area contributed by atoms with Crippen LogP contribution in [-0.2, 0) is 4.74 Å². The first-order chi connectivity index (χ1) is 10.9. The number of ether oxygens (including phenoxy) is 1. The number of nitro groups is 2. The standard InChI is InChI=1S/C14H20N4O5/c1-11(10-23-2)15-5-7-16(8-6-15)13-4-3-12(17(19)20)9-14(13)18(21)22/h3-4,9,11H,5-8,10H2,1-2H3. The Labute approximate surface area is 133 Å². The van der Waals surface area contributed by atoms with Crippen molar-refractivity contribution in [3.63, 3.8) is 0 Å². The molecule has 0 aromatic heterocycles. The molecule has 1 aromatic rings. The second kappa shape index (κ2) is 7.34. The summed E-state index contributed by atoms with van der Waals surface area (Å²) in [4.78, 5) is 25.0. The normalized spacial score (nSPS) is 17.0. The van der Waals surface area contributed by atoms with Gasteiger partial charge in [-0.1, -0.05) is 0 Å². The third kappa shape index (κ3) is 3.93. The molecular weight excluding hydrogens is 304 g/mol. The highest BCUT2D eigenvalue weighted by Crippen LogP contribution is 2.32. The highest BCUT2D eigenvalue weighted by Gasteiger charge is 2.27. The fraction of sp³-hybridized carbons (Fsp3) is 0.571.